The molecule has 0 aliphatic heterocycles. The van der Waals surface area contributed by atoms with E-state index in [0.29, 0.717) is 17.9 Å². The van der Waals surface area contributed by atoms with E-state index in [1.54, 1.807) is 0 Å². The second kappa shape index (κ2) is 8.82. The molecule has 2 aliphatic carbocycles. The topological polar surface area (TPSA) is 93.5 Å². The molecule has 1 fully saturated rings. The lowest BCUT2D eigenvalue weighted by molar-refractivity contribution is -0.146. The molecule has 2 aromatic carbocycles. The number of nitrogens with one attached hydrogen (secondary N) is 1. The molecule has 0 unspecified atom stereocenters. The minimum atomic E-state index is -0.904. The van der Waals surface area contributed by atoms with Crippen LogP contribution in [0.3, 0.4) is 0 Å². The van der Waals surface area contributed by atoms with Crippen molar-refractivity contribution in [3.8, 4) is 11.5 Å². The van der Waals surface area contributed by atoms with E-state index >= 15 is 0 Å². The van der Waals surface area contributed by atoms with Gasteiger partial charge in [-0.15, -0.1) is 0 Å². The van der Waals surface area contributed by atoms with Crippen molar-refractivity contribution in [3.05, 3.63) is 83.7 Å². The molecule has 0 spiro atoms. The van der Waals surface area contributed by atoms with E-state index < -0.39 is 17.8 Å². The summed E-state index contributed by atoms with van der Waals surface area (Å²) in [7, 11) is 0. The second-order valence-electron chi connectivity index (χ2n) is 9.09. The average Bonchev–Trinajstić information content (AvgIpc) is 3.50. The summed E-state index contributed by atoms with van der Waals surface area (Å²) in [5.74, 6) is -0.942. The molecule has 3 aromatic rings. The second-order valence-corrected chi connectivity index (χ2v) is 9.09. The van der Waals surface area contributed by atoms with Crippen LogP contribution in [0.1, 0.15) is 23.4 Å². The molecule has 7 nitrogen and oxygen atoms in total. The third-order valence-corrected chi connectivity index (χ3v) is 6.89. The fourth-order valence-electron chi connectivity index (χ4n) is 5.26. The van der Waals surface area contributed by atoms with Crippen molar-refractivity contribution in [1.29, 1.82) is 0 Å². The Hall–Kier alpha value is -3.87. The highest BCUT2D eigenvalue weighted by Gasteiger charge is 2.51. The van der Waals surface area contributed by atoms with Gasteiger partial charge < -0.3 is 15.2 Å². The number of aryl methyl sites for hydroxylation is 1. The van der Waals surface area contributed by atoms with Crippen LogP contribution in [0.4, 0.5) is 5.69 Å². The maximum absolute atomic E-state index is 13.1. The van der Waals surface area contributed by atoms with Gasteiger partial charge in [-0.25, -0.2) is 0 Å². The van der Waals surface area contributed by atoms with Crippen LogP contribution in [0, 0.1) is 37.5 Å². The smallest absolute Gasteiger partial charge is 0.307 e. The Kier molecular flexibility index (Phi) is 5.69. The SMILES string of the molecule is Cc1nn(Cc2cccc(Oc3ccccc3)c2)c(C)c1NC(=O)[C@@H]1[C@@H](C(=O)O)[C@H]2C=C[C@H]1C2. The first-order valence-corrected chi connectivity index (χ1v) is 11.5. The first-order chi connectivity index (χ1) is 16.4. The number of nitrogens with zero attached hydrogens (tertiary/aromatic N) is 2. The zero-order chi connectivity index (χ0) is 23.8. The Labute approximate surface area is 198 Å². The standard InChI is InChI=1S/C27H27N3O4/c1-16-25(28-26(31)23-19-11-12-20(14-19)24(23)27(32)33)17(2)30(29-16)15-18-7-6-10-22(13-18)34-21-8-4-3-5-9-21/h3-13,19-20,23-24H,14-15H2,1-2H3,(H,28,31)(H,32,33)/t19-,20-,23-,24-/m0/s1. The number of benzene rings is 2. The van der Waals surface area contributed by atoms with Crippen molar-refractivity contribution < 1.29 is 19.4 Å². The lowest BCUT2D eigenvalue weighted by Crippen LogP contribution is -2.36. The maximum atomic E-state index is 13.1. The number of amides is 1. The number of aromatic nitrogens is 2. The van der Waals surface area contributed by atoms with Crippen LogP contribution in [-0.2, 0) is 16.1 Å². The van der Waals surface area contributed by atoms with Crippen molar-refractivity contribution in [3.63, 3.8) is 0 Å². The number of rotatable bonds is 7. The first-order valence-electron chi connectivity index (χ1n) is 11.5. The summed E-state index contributed by atoms with van der Waals surface area (Å²) < 4.78 is 7.79. The van der Waals surface area contributed by atoms with E-state index in [1.807, 2.05) is 85.3 Å². The Morgan fingerprint density at radius 3 is 2.47 bits per heavy atom. The van der Waals surface area contributed by atoms with Gasteiger partial charge in [0.2, 0.25) is 5.91 Å². The number of fused-ring (bicyclic) bond motifs is 2. The molecular weight excluding hydrogens is 430 g/mol. The number of hydrogen-bond donors (Lipinski definition) is 2. The molecule has 5 rings (SSSR count). The minimum Gasteiger partial charge on any atom is -0.481 e. The van der Waals surface area contributed by atoms with Gasteiger partial charge in [0.1, 0.15) is 11.5 Å². The highest BCUT2D eigenvalue weighted by atomic mass is 16.5. The number of carbonyl (C=O) groups excluding carboxylic acids is 1. The lowest BCUT2D eigenvalue weighted by atomic mass is 9.82. The van der Waals surface area contributed by atoms with Gasteiger partial charge in [-0.1, -0.05) is 42.5 Å². The third kappa shape index (κ3) is 4.09. The summed E-state index contributed by atoms with van der Waals surface area (Å²) in [5, 5.41) is 17.3. The Morgan fingerprint density at radius 1 is 1.03 bits per heavy atom. The highest BCUT2D eigenvalue weighted by Crippen LogP contribution is 2.48. The zero-order valence-corrected chi connectivity index (χ0v) is 19.1. The maximum Gasteiger partial charge on any atom is 0.307 e. The van der Waals surface area contributed by atoms with Crippen molar-refractivity contribution in [1.82, 2.24) is 9.78 Å². The highest BCUT2D eigenvalue weighted by molar-refractivity contribution is 5.97. The van der Waals surface area contributed by atoms with E-state index in [-0.39, 0.29) is 17.7 Å². The van der Waals surface area contributed by atoms with Crippen LogP contribution in [0.5, 0.6) is 11.5 Å². The predicted octanol–water partition coefficient (Wildman–Crippen LogP) is 4.80. The Balaban J connectivity index is 1.32. The van der Waals surface area contributed by atoms with Gasteiger partial charge in [0, 0.05) is 0 Å². The zero-order valence-electron chi connectivity index (χ0n) is 19.1. The van der Waals surface area contributed by atoms with Crippen molar-refractivity contribution in [2.24, 2.45) is 23.7 Å². The number of allylic oxidation sites excluding steroid dienone is 2. The van der Waals surface area contributed by atoms with E-state index in [0.717, 1.165) is 29.2 Å². The molecule has 1 heterocycles. The average molecular weight is 458 g/mol. The summed E-state index contributed by atoms with van der Waals surface area (Å²) >= 11 is 0. The van der Waals surface area contributed by atoms with Crippen LogP contribution in [0.2, 0.25) is 0 Å². The molecule has 2 bridgehead atoms. The summed E-state index contributed by atoms with van der Waals surface area (Å²) in [6, 6.07) is 17.4. The molecule has 2 N–H and O–H groups in total. The van der Waals surface area contributed by atoms with E-state index in [1.165, 1.54) is 0 Å². The van der Waals surface area contributed by atoms with E-state index in [2.05, 4.69) is 10.4 Å². The number of hydrogen-bond acceptors (Lipinski definition) is 4. The fraction of sp³-hybridized carbons (Fsp3) is 0.296. The number of carboxylic acids is 1. The van der Waals surface area contributed by atoms with Crippen LogP contribution < -0.4 is 10.1 Å². The van der Waals surface area contributed by atoms with Gasteiger partial charge in [-0.2, -0.15) is 5.10 Å². The number of para-hydroxylation sites is 1. The molecule has 0 radical (unpaired) electrons. The van der Waals surface area contributed by atoms with Gasteiger partial charge in [0.05, 0.1) is 35.5 Å². The van der Waals surface area contributed by atoms with Gasteiger partial charge in [0.15, 0.2) is 0 Å². The molecular formula is C27H27N3O4. The van der Waals surface area contributed by atoms with Crippen LogP contribution in [0.25, 0.3) is 0 Å². The molecule has 7 heteroatoms. The molecule has 1 aromatic heterocycles. The summed E-state index contributed by atoms with van der Waals surface area (Å²) in [6.45, 7) is 4.28. The first kappa shape index (κ1) is 21.9. The van der Waals surface area contributed by atoms with E-state index in [9.17, 15) is 14.7 Å². The number of aliphatic carboxylic acids is 1. The van der Waals surface area contributed by atoms with Gasteiger partial charge in [0.25, 0.3) is 0 Å². The van der Waals surface area contributed by atoms with Crippen molar-refractivity contribution in [2.75, 3.05) is 5.32 Å². The Morgan fingerprint density at radius 2 is 1.74 bits per heavy atom. The number of ether oxygens (including phenoxy) is 1. The number of carbonyl (C=O) groups is 2. The summed E-state index contributed by atoms with van der Waals surface area (Å²) in [5.41, 5.74) is 3.19. The Bertz CT molecular complexity index is 1260. The van der Waals surface area contributed by atoms with Gasteiger partial charge in [-0.3, -0.25) is 14.3 Å². The van der Waals surface area contributed by atoms with Crippen LogP contribution >= 0.6 is 0 Å². The summed E-state index contributed by atoms with van der Waals surface area (Å²) in [6.07, 6.45) is 4.66. The van der Waals surface area contributed by atoms with Gasteiger partial charge >= 0.3 is 5.97 Å². The molecule has 1 saturated carbocycles. The molecule has 4 atom stereocenters. The third-order valence-electron chi connectivity index (χ3n) is 6.89. The molecule has 34 heavy (non-hydrogen) atoms. The predicted molar refractivity (Wildman–Crippen MR) is 128 cm³/mol. The van der Waals surface area contributed by atoms with E-state index in [4.69, 9.17) is 4.74 Å². The van der Waals surface area contributed by atoms with Gasteiger partial charge in [-0.05, 0) is 61.9 Å². The summed E-state index contributed by atoms with van der Waals surface area (Å²) in [4.78, 5) is 25.0. The number of carboxylic acid groups (broad SMARTS) is 1. The molecule has 2 aliphatic rings. The fourth-order valence-corrected chi connectivity index (χ4v) is 5.26. The normalized spacial score (nSPS) is 22.6. The number of anilines is 1. The monoisotopic (exact) mass is 457 g/mol. The minimum absolute atomic E-state index is 0.0193. The van der Waals surface area contributed by atoms with Crippen molar-refractivity contribution >= 4 is 17.6 Å². The lowest BCUT2D eigenvalue weighted by Gasteiger charge is -2.23. The van der Waals surface area contributed by atoms with Crippen molar-refractivity contribution in [2.45, 2.75) is 26.8 Å². The van der Waals surface area contributed by atoms with Crippen LogP contribution in [0.15, 0.2) is 66.7 Å². The largest absolute Gasteiger partial charge is 0.481 e. The quantitative estimate of drug-likeness (QED) is 0.497. The molecule has 174 valence electrons. The molecule has 0 saturated heterocycles. The molecule has 1 amide bonds. The van der Waals surface area contributed by atoms with Crippen LogP contribution in [-0.4, -0.2) is 26.8 Å².